The van der Waals surface area contributed by atoms with E-state index in [-0.39, 0.29) is 0 Å². The Balaban J connectivity index is 1.54. The SMILES string of the molecule is CCNCc1ccc(OCCc2nc(-c3ccccc3)oc2C)nc1. The van der Waals surface area contributed by atoms with Gasteiger partial charge in [0.15, 0.2) is 0 Å². The highest BCUT2D eigenvalue weighted by atomic mass is 16.5. The van der Waals surface area contributed by atoms with Crippen LogP contribution >= 0.6 is 0 Å². The van der Waals surface area contributed by atoms with E-state index in [2.05, 4.69) is 22.2 Å². The van der Waals surface area contributed by atoms with Gasteiger partial charge in [0.05, 0.1) is 12.3 Å². The lowest BCUT2D eigenvalue weighted by Crippen LogP contribution is -2.12. The molecule has 0 fully saturated rings. The Morgan fingerprint density at radius 3 is 2.68 bits per heavy atom. The fourth-order valence-electron chi connectivity index (χ4n) is 2.49. The topological polar surface area (TPSA) is 60.2 Å². The second-order valence-electron chi connectivity index (χ2n) is 5.77. The Bertz CT molecular complexity index is 782. The molecule has 0 bridgehead atoms. The van der Waals surface area contributed by atoms with Crippen molar-refractivity contribution in [2.75, 3.05) is 13.2 Å². The third kappa shape index (κ3) is 4.67. The first-order chi connectivity index (χ1) is 12.3. The molecule has 3 aromatic rings. The summed E-state index contributed by atoms with van der Waals surface area (Å²) in [5.41, 5.74) is 3.05. The number of hydrogen-bond donors (Lipinski definition) is 1. The van der Waals surface area contributed by atoms with Crippen molar-refractivity contribution in [3.63, 3.8) is 0 Å². The summed E-state index contributed by atoms with van der Waals surface area (Å²) in [7, 11) is 0. The van der Waals surface area contributed by atoms with Crippen molar-refractivity contribution >= 4 is 0 Å². The van der Waals surface area contributed by atoms with Crippen LogP contribution in [0.1, 0.15) is 23.9 Å². The van der Waals surface area contributed by atoms with Gasteiger partial charge in [-0.2, -0.15) is 0 Å². The lowest BCUT2D eigenvalue weighted by atomic mass is 10.2. The number of nitrogens with zero attached hydrogens (tertiary/aromatic N) is 2. The molecule has 130 valence electrons. The van der Waals surface area contributed by atoms with Crippen molar-refractivity contribution < 1.29 is 9.15 Å². The zero-order chi connectivity index (χ0) is 17.5. The van der Waals surface area contributed by atoms with Crippen LogP contribution in [0, 0.1) is 6.92 Å². The van der Waals surface area contributed by atoms with Crippen LogP contribution in [-0.4, -0.2) is 23.1 Å². The maximum atomic E-state index is 5.77. The maximum absolute atomic E-state index is 5.77. The molecule has 0 atom stereocenters. The molecule has 0 saturated heterocycles. The molecular weight excluding hydrogens is 314 g/mol. The van der Waals surface area contributed by atoms with Gasteiger partial charge in [0.2, 0.25) is 11.8 Å². The predicted molar refractivity (Wildman–Crippen MR) is 97.5 cm³/mol. The molecular formula is C20H23N3O2. The molecule has 0 unspecified atom stereocenters. The molecule has 0 aliphatic heterocycles. The Morgan fingerprint density at radius 1 is 1.12 bits per heavy atom. The van der Waals surface area contributed by atoms with Crippen molar-refractivity contribution in [2.24, 2.45) is 0 Å². The quantitative estimate of drug-likeness (QED) is 0.678. The molecule has 0 aliphatic carbocycles. The maximum Gasteiger partial charge on any atom is 0.226 e. The van der Waals surface area contributed by atoms with Gasteiger partial charge in [0.1, 0.15) is 5.76 Å². The van der Waals surface area contributed by atoms with Crippen LogP contribution in [0.5, 0.6) is 5.88 Å². The van der Waals surface area contributed by atoms with Gasteiger partial charge in [0.25, 0.3) is 0 Å². The molecule has 1 aromatic carbocycles. The van der Waals surface area contributed by atoms with E-state index in [1.54, 1.807) is 0 Å². The van der Waals surface area contributed by atoms with E-state index in [0.717, 1.165) is 35.7 Å². The fraction of sp³-hybridized carbons (Fsp3) is 0.300. The zero-order valence-electron chi connectivity index (χ0n) is 14.7. The number of rotatable bonds is 8. The molecule has 0 spiro atoms. The summed E-state index contributed by atoms with van der Waals surface area (Å²) < 4.78 is 11.5. The highest BCUT2D eigenvalue weighted by Crippen LogP contribution is 2.21. The number of benzene rings is 1. The van der Waals surface area contributed by atoms with Gasteiger partial charge < -0.3 is 14.5 Å². The summed E-state index contributed by atoms with van der Waals surface area (Å²) in [4.78, 5) is 8.92. The normalized spacial score (nSPS) is 10.8. The zero-order valence-corrected chi connectivity index (χ0v) is 14.7. The number of aromatic nitrogens is 2. The van der Waals surface area contributed by atoms with Crippen molar-refractivity contribution in [3.05, 3.63) is 65.7 Å². The van der Waals surface area contributed by atoms with Crippen molar-refractivity contribution in [1.82, 2.24) is 15.3 Å². The largest absolute Gasteiger partial charge is 0.477 e. The molecule has 1 N–H and O–H groups in total. The Kier molecular flexibility index (Phi) is 5.80. The summed E-state index contributed by atoms with van der Waals surface area (Å²) in [5, 5.41) is 3.27. The van der Waals surface area contributed by atoms with E-state index >= 15 is 0 Å². The van der Waals surface area contributed by atoms with Gasteiger partial charge in [-0.3, -0.25) is 0 Å². The molecule has 25 heavy (non-hydrogen) atoms. The second-order valence-corrected chi connectivity index (χ2v) is 5.77. The van der Waals surface area contributed by atoms with Crippen LogP contribution in [-0.2, 0) is 13.0 Å². The molecule has 0 aliphatic rings. The summed E-state index contributed by atoms with van der Waals surface area (Å²) in [6.07, 6.45) is 2.52. The van der Waals surface area contributed by atoms with Gasteiger partial charge >= 0.3 is 0 Å². The van der Waals surface area contributed by atoms with Gasteiger partial charge in [-0.05, 0) is 31.2 Å². The Hall–Kier alpha value is -2.66. The van der Waals surface area contributed by atoms with Crippen LogP contribution < -0.4 is 10.1 Å². The minimum Gasteiger partial charge on any atom is -0.477 e. The van der Waals surface area contributed by atoms with E-state index < -0.39 is 0 Å². The summed E-state index contributed by atoms with van der Waals surface area (Å²) in [6, 6.07) is 13.8. The van der Waals surface area contributed by atoms with E-state index in [9.17, 15) is 0 Å². The summed E-state index contributed by atoms with van der Waals surface area (Å²) in [6.45, 7) is 6.30. The van der Waals surface area contributed by atoms with E-state index in [0.29, 0.717) is 24.8 Å². The molecule has 0 saturated carbocycles. The summed E-state index contributed by atoms with van der Waals surface area (Å²) >= 11 is 0. The van der Waals surface area contributed by atoms with E-state index in [1.807, 2.05) is 55.6 Å². The third-order valence-electron chi connectivity index (χ3n) is 3.88. The number of ether oxygens (including phenoxy) is 1. The van der Waals surface area contributed by atoms with Gasteiger partial charge in [-0.15, -0.1) is 0 Å². The number of hydrogen-bond acceptors (Lipinski definition) is 5. The molecule has 2 aromatic heterocycles. The second kappa shape index (κ2) is 8.44. The van der Waals surface area contributed by atoms with Crippen molar-refractivity contribution in [1.29, 1.82) is 0 Å². The van der Waals surface area contributed by atoms with E-state index in [4.69, 9.17) is 9.15 Å². The predicted octanol–water partition coefficient (Wildman–Crippen LogP) is 3.78. The molecule has 0 radical (unpaired) electrons. The van der Waals surface area contributed by atoms with Gasteiger partial charge in [-0.1, -0.05) is 31.2 Å². The van der Waals surface area contributed by atoms with Crippen LogP contribution in [0.4, 0.5) is 0 Å². The van der Waals surface area contributed by atoms with Crippen LogP contribution in [0.3, 0.4) is 0 Å². The average Bonchev–Trinajstić information content (AvgIpc) is 3.03. The Morgan fingerprint density at radius 2 is 1.96 bits per heavy atom. The highest BCUT2D eigenvalue weighted by Gasteiger charge is 2.11. The fourth-order valence-corrected chi connectivity index (χ4v) is 2.49. The molecule has 2 heterocycles. The van der Waals surface area contributed by atoms with Crippen LogP contribution in [0.25, 0.3) is 11.5 Å². The van der Waals surface area contributed by atoms with Gasteiger partial charge in [-0.25, -0.2) is 9.97 Å². The lowest BCUT2D eigenvalue weighted by molar-refractivity contribution is 0.307. The van der Waals surface area contributed by atoms with Crippen LogP contribution in [0.2, 0.25) is 0 Å². The molecule has 0 amide bonds. The monoisotopic (exact) mass is 337 g/mol. The lowest BCUT2D eigenvalue weighted by Gasteiger charge is -2.06. The van der Waals surface area contributed by atoms with E-state index in [1.165, 1.54) is 0 Å². The Labute approximate surface area is 148 Å². The number of oxazole rings is 1. The first kappa shape index (κ1) is 17.2. The molecule has 5 heteroatoms. The molecule has 3 rings (SSSR count). The van der Waals surface area contributed by atoms with Gasteiger partial charge in [0, 0.05) is 30.8 Å². The first-order valence-corrected chi connectivity index (χ1v) is 8.56. The number of aryl methyl sites for hydroxylation is 1. The number of nitrogens with one attached hydrogen (secondary N) is 1. The number of pyridine rings is 1. The minimum absolute atomic E-state index is 0.515. The average molecular weight is 337 g/mol. The minimum atomic E-state index is 0.515. The van der Waals surface area contributed by atoms with Crippen molar-refractivity contribution in [2.45, 2.75) is 26.8 Å². The van der Waals surface area contributed by atoms with Crippen molar-refractivity contribution in [3.8, 4) is 17.3 Å². The van der Waals surface area contributed by atoms with Crippen LogP contribution in [0.15, 0.2) is 53.1 Å². The standard InChI is InChI=1S/C20H23N3O2/c1-3-21-13-16-9-10-19(22-14-16)24-12-11-18-15(2)25-20(23-18)17-7-5-4-6-8-17/h4-10,14,21H,3,11-13H2,1-2H3. The third-order valence-corrected chi connectivity index (χ3v) is 3.88. The smallest absolute Gasteiger partial charge is 0.226 e. The highest BCUT2D eigenvalue weighted by molar-refractivity contribution is 5.53. The summed E-state index contributed by atoms with van der Waals surface area (Å²) in [5.74, 6) is 2.11. The first-order valence-electron chi connectivity index (χ1n) is 8.56. The molecule has 5 nitrogen and oxygen atoms in total.